The topological polar surface area (TPSA) is 0 Å². The van der Waals surface area contributed by atoms with Crippen LogP contribution in [0.1, 0.15) is 54.8 Å². The van der Waals surface area contributed by atoms with E-state index in [-0.39, 0.29) is 0 Å². The van der Waals surface area contributed by atoms with Gasteiger partial charge in [-0.05, 0) is 47.2 Å². The first kappa shape index (κ1) is 14.5. The lowest BCUT2D eigenvalue weighted by Gasteiger charge is -2.00. The highest BCUT2D eigenvalue weighted by Gasteiger charge is 2.02. The molecular formula is C15H22S2. The summed E-state index contributed by atoms with van der Waals surface area (Å²) >= 11 is 3.69. The average molecular weight is 266 g/mol. The molecule has 2 heterocycles. The second-order valence-corrected chi connectivity index (χ2v) is 6.72. The monoisotopic (exact) mass is 266 g/mol. The Hall–Kier alpha value is -0.600. The van der Waals surface area contributed by atoms with Crippen LogP contribution < -0.4 is 0 Å². The van der Waals surface area contributed by atoms with Gasteiger partial charge in [-0.2, -0.15) is 0 Å². The van der Waals surface area contributed by atoms with Crippen LogP contribution in [0.3, 0.4) is 0 Å². The molecule has 2 aromatic heterocycles. The molecule has 17 heavy (non-hydrogen) atoms. The fourth-order valence-corrected chi connectivity index (χ4v) is 3.28. The molecule has 0 amide bonds. The molecule has 0 atom stereocenters. The zero-order valence-electron chi connectivity index (χ0n) is 11.4. The molecule has 2 rings (SSSR count). The van der Waals surface area contributed by atoms with Gasteiger partial charge in [0, 0.05) is 9.75 Å². The standard InChI is InChI=1S/C8H12S.C7H10S/c1-6(2)8-7(3)4-5-9-8;1-6(2)7-4-3-5-8-7/h4-6H,1-3H3;3-6H,1-2H3. The van der Waals surface area contributed by atoms with Gasteiger partial charge in [0.15, 0.2) is 0 Å². The molecule has 0 radical (unpaired) electrons. The summed E-state index contributed by atoms with van der Waals surface area (Å²) in [5, 5.41) is 4.28. The van der Waals surface area contributed by atoms with Crippen molar-refractivity contribution < 1.29 is 0 Å². The van der Waals surface area contributed by atoms with Gasteiger partial charge in [0.25, 0.3) is 0 Å². The number of rotatable bonds is 2. The fourth-order valence-electron chi connectivity index (χ4n) is 1.60. The SMILES string of the molecule is CC(C)c1cccs1.Cc1ccsc1C(C)C. The average Bonchev–Trinajstić information content (AvgIpc) is 2.87. The molecule has 0 saturated heterocycles. The third-order valence-electron chi connectivity index (χ3n) is 2.54. The lowest BCUT2D eigenvalue weighted by Crippen LogP contribution is -1.82. The second kappa shape index (κ2) is 6.97. The zero-order valence-corrected chi connectivity index (χ0v) is 13.0. The van der Waals surface area contributed by atoms with E-state index in [0.717, 1.165) is 0 Å². The van der Waals surface area contributed by atoms with Crippen LogP contribution in [0, 0.1) is 6.92 Å². The number of thiophene rings is 2. The van der Waals surface area contributed by atoms with E-state index in [0.29, 0.717) is 11.8 Å². The Morgan fingerprint density at radius 2 is 1.59 bits per heavy atom. The van der Waals surface area contributed by atoms with Gasteiger partial charge < -0.3 is 0 Å². The van der Waals surface area contributed by atoms with Crippen molar-refractivity contribution in [2.45, 2.75) is 46.5 Å². The van der Waals surface area contributed by atoms with Gasteiger partial charge in [-0.3, -0.25) is 0 Å². The van der Waals surface area contributed by atoms with Gasteiger partial charge in [0.1, 0.15) is 0 Å². The van der Waals surface area contributed by atoms with Gasteiger partial charge in [-0.1, -0.05) is 33.8 Å². The predicted octanol–water partition coefficient (Wildman–Crippen LogP) is 6.05. The van der Waals surface area contributed by atoms with Gasteiger partial charge in [0.05, 0.1) is 0 Å². The minimum absolute atomic E-state index is 0.699. The predicted molar refractivity (Wildman–Crippen MR) is 81.6 cm³/mol. The highest BCUT2D eigenvalue weighted by atomic mass is 32.1. The molecule has 2 heteroatoms. The first-order chi connectivity index (χ1) is 8.02. The summed E-state index contributed by atoms with van der Waals surface area (Å²) in [4.78, 5) is 3.00. The Morgan fingerprint density at radius 3 is 1.82 bits per heavy atom. The molecule has 0 aromatic carbocycles. The van der Waals surface area contributed by atoms with Crippen molar-refractivity contribution in [3.63, 3.8) is 0 Å². The van der Waals surface area contributed by atoms with E-state index in [2.05, 4.69) is 63.6 Å². The quantitative estimate of drug-likeness (QED) is 0.620. The highest BCUT2D eigenvalue weighted by Crippen LogP contribution is 2.24. The van der Waals surface area contributed by atoms with Crippen molar-refractivity contribution in [3.8, 4) is 0 Å². The Balaban J connectivity index is 0.000000171. The van der Waals surface area contributed by atoms with E-state index in [1.165, 1.54) is 15.3 Å². The maximum absolute atomic E-state index is 2.23. The van der Waals surface area contributed by atoms with Crippen LogP contribution in [0.15, 0.2) is 29.0 Å². The molecule has 0 spiro atoms. The maximum Gasteiger partial charge on any atom is 0.00998 e. The number of hydrogen-bond donors (Lipinski definition) is 0. The van der Waals surface area contributed by atoms with Crippen LogP contribution in [-0.2, 0) is 0 Å². The first-order valence-electron chi connectivity index (χ1n) is 6.09. The molecule has 0 bridgehead atoms. The van der Waals surface area contributed by atoms with Crippen LogP contribution in [0.4, 0.5) is 0 Å². The molecule has 0 aliphatic carbocycles. The Morgan fingerprint density at radius 1 is 0.882 bits per heavy atom. The number of aryl methyl sites for hydroxylation is 1. The van der Waals surface area contributed by atoms with Crippen LogP contribution in [-0.4, -0.2) is 0 Å². The maximum atomic E-state index is 2.23. The van der Waals surface area contributed by atoms with Crippen molar-refractivity contribution >= 4 is 22.7 Å². The number of hydrogen-bond acceptors (Lipinski definition) is 2. The molecule has 94 valence electrons. The minimum Gasteiger partial charge on any atom is -0.149 e. The van der Waals surface area contributed by atoms with Crippen LogP contribution in [0.25, 0.3) is 0 Å². The molecule has 0 unspecified atom stereocenters. The Labute approximate surface area is 113 Å². The summed E-state index contributed by atoms with van der Waals surface area (Å²) in [6.45, 7) is 11.1. The molecule has 0 saturated carbocycles. The molecule has 0 aliphatic heterocycles. The van der Waals surface area contributed by atoms with Crippen LogP contribution in [0.5, 0.6) is 0 Å². The lowest BCUT2D eigenvalue weighted by atomic mass is 10.1. The summed E-state index contributed by atoms with van der Waals surface area (Å²) < 4.78 is 0. The summed E-state index contributed by atoms with van der Waals surface area (Å²) in [7, 11) is 0. The molecule has 0 nitrogen and oxygen atoms in total. The Bertz CT molecular complexity index is 408. The van der Waals surface area contributed by atoms with Crippen molar-refractivity contribution in [2.75, 3.05) is 0 Å². The second-order valence-electron chi connectivity index (χ2n) is 4.79. The lowest BCUT2D eigenvalue weighted by molar-refractivity contribution is 0.881. The van der Waals surface area contributed by atoms with Gasteiger partial charge in [0.2, 0.25) is 0 Å². The van der Waals surface area contributed by atoms with Crippen molar-refractivity contribution in [1.29, 1.82) is 0 Å². The summed E-state index contributed by atoms with van der Waals surface area (Å²) in [5.74, 6) is 1.40. The van der Waals surface area contributed by atoms with Crippen molar-refractivity contribution in [2.24, 2.45) is 0 Å². The molecule has 2 aromatic rings. The van der Waals surface area contributed by atoms with E-state index in [9.17, 15) is 0 Å². The minimum atomic E-state index is 0.699. The largest absolute Gasteiger partial charge is 0.149 e. The Kier molecular flexibility index (Phi) is 5.93. The first-order valence-corrected chi connectivity index (χ1v) is 7.85. The molecule has 0 N–H and O–H groups in total. The smallest absolute Gasteiger partial charge is 0.00998 e. The zero-order chi connectivity index (χ0) is 12.8. The fraction of sp³-hybridized carbons (Fsp3) is 0.467. The van der Waals surface area contributed by atoms with E-state index < -0.39 is 0 Å². The molecular weight excluding hydrogens is 244 g/mol. The van der Waals surface area contributed by atoms with E-state index in [1.54, 1.807) is 0 Å². The van der Waals surface area contributed by atoms with Crippen molar-refractivity contribution in [1.82, 2.24) is 0 Å². The third-order valence-corrected chi connectivity index (χ3v) is 5.03. The van der Waals surface area contributed by atoms with Gasteiger partial charge in [-0.15, -0.1) is 22.7 Å². The van der Waals surface area contributed by atoms with E-state index in [1.807, 2.05) is 22.7 Å². The molecule has 0 aliphatic rings. The highest BCUT2D eigenvalue weighted by molar-refractivity contribution is 7.10. The third kappa shape index (κ3) is 4.64. The summed E-state index contributed by atoms with van der Waals surface area (Å²) in [6, 6.07) is 6.45. The normalized spacial score (nSPS) is 10.5. The molecule has 0 fully saturated rings. The van der Waals surface area contributed by atoms with Crippen LogP contribution in [0.2, 0.25) is 0 Å². The van der Waals surface area contributed by atoms with Crippen LogP contribution >= 0.6 is 22.7 Å². The summed E-state index contributed by atoms with van der Waals surface area (Å²) in [5.41, 5.74) is 1.44. The summed E-state index contributed by atoms with van der Waals surface area (Å²) in [6.07, 6.45) is 0. The van der Waals surface area contributed by atoms with Crippen molar-refractivity contribution in [3.05, 3.63) is 44.3 Å². The van der Waals surface area contributed by atoms with Gasteiger partial charge >= 0.3 is 0 Å². The van der Waals surface area contributed by atoms with E-state index >= 15 is 0 Å². The van der Waals surface area contributed by atoms with E-state index in [4.69, 9.17) is 0 Å². The van der Waals surface area contributed by atoms with Gasteiger partial charge in [-0.25, -0.2) is 0 Å².